The average molecular weight is 728 g/mol. The van der Waals surface area contributed by atoms with E-state index < -0.39 is 15.3 Å². The summed E-state index contributed by atoms with van der Waals surface area (Å²) in [6, 6.07) is 0. The summed E-state index contributed by atoms with van der Waals surface area (Å²) in [5.74, 6) is 0. The smallest absolute Gasteiger partial charge is 0.412 e. The van der Waals surface area contributed by atoms with Gasteiger partial charge in [-0.2, -0.15) is 0 Å². The van der Waals surface area contributed by atoms with Crippen molar-refractivity contribution in [3.63, 3.8) is 0 Å². The van der Waals surface area contributed by atoms with Crippen molar-refractivity contribution in [2.45, 2.75) is 0 Å². The molecule has 0 saturated heterocycles. The molecule has 0 bridgehead atoms. The van der Waals surface area contributed by atoms with Crippen LogP contribution in [0.15, 0.2) is 0 Å². The summed E-state index contributed by atoms with van der Waals surface area (Å²) in [7, 11) is 0. The van der Waals surface area contributed by atoms with E-state index in [1.54, 1.807) is 0 Å². The molecule has 40 heteroatoms. The van der Waals surface area contributed by atoms with Gasteiger partial charge in [-0.1, -0.05) is 0 Å². The van der Waals surface area contributed by atoms with Gasteiger partial charge in [-0.15, -0.1) is 0 Å². The first-order chi connectivity index (χ1) is 5.20. The summed E-state index contributed by atoms with van der Waals surface area (Å²) >= 11 is 0. The summed E-state index contributed by atoms with van der Waals surface area (Å²) < 4.78 is 0. The van der Waals surface area contributed by atoms with Gasteiger partial charge >= 0.3 is 17.1 Å². The van der Waals surface area contributed by atoms with Crippen molar-refractivity contribution in [3.05, 3.63) is 46.0 Å². The van der Waals surface area contributed by atoms with Crippen molar-refractivity contribution in [2.24, 2.45) is 0 Å². The first-order valence-corrected chi connectivity index (χ1v) is 1.64. The molecule has 293 valence electrons. The molecule has 0 amide bonds. The van der Waals surface area contributed by atoms with Crippen LogP contribution in [0, 0.1) is 46.0 Å². The van der Waals surface area contributed by atoms with Crippen molar-refractivity contribution in [1.82, 2.24) is 0 Å². The fourth-order valence-electron chi connectivity index (χ4n) is 0. The van der Waals surface area contributed by atoms with E-state index in [-0.39, 0.29) is 165 Å². The molecule has 0 rings (SSSR count). The molecule has 54 N–H and O–H groups in total. The Labute approximate surface area is 227 Å². The molecule has 0 unspecified atom stereocenters. The molecule has 40 heavy (non-hydrogen) atoms. The average Bonchev–Trinajstić information content (AvgIpc) is 1.54. The van der Waals surface area contributed by atoms with Gasteiger partial charge in [0.05, 0.1) is 15.3 Å². The van der Waals surface area contributed by atoms with Gasteiger partial charge in [-0.25, -0.2) is 0 Å². The van der Waals surface area contributed by atoms with Gasteiger partial charge in [-0.05, 0) is 0 Å². The summed E-state index contributed by atoms with van der Waals surface area (Å²) in [6.07, 6.45) is 0. The molecule has 0 atom stereocenters. The Bertz CT molecular complexity index is 120. The van der Waals surface area contributed by atoms with Crippen molar-refractivity contribution in [3.8, 4) is 0 Å². The van der Waals surface area contributed by atoms with E-state index in [4.69, 9.17) is 46.0 Å². The first kappa shape index (κ1) is 1320. The molecule has 0 aliphatic rings. The summed E-state index contributed by atoms with van der Waals surface area (Å²) in [6.45, 7) is 0. The van der Waals surface area contributed by atoms with Crippen molar-refractivity contribution >= 4 is 0 Å². The molecule has 0 fully saturated rings. The van der Waals surface area contributed by atoms with Crippen molar-refractivity contribution in [2.75, 3.05) is 0 Å². The first-order valence-electron chi connectivity index (χ1n) is 1.64. The largest absolute Gasteiger partial charge is 3.00 e. The number of nitrogens with zero attached hydrogens (tertiary/aromatic N) is 3. The Morgan fingerprint density at radius 3 is 0.200 bits per heavy atom. The second-order valence-corrected chi connectivity index (χ2v) is 0.671. The van der Waals surface area contributed by atoms with Gasteiger partial charge < -0.3 is 194 Å². The van der Waals surface area contributed by atoms with Crippen LogP contribution in [0.1, 0.15) is 0 Å². The minimum Gasteiger partial charge on any atom is -0.412 e. The standard InChI is InChI=1S/Fe.3NO3.27H2O/c;3*2-1(3)4;;;;;;;;;;;;;;;;;;;;;;;;;;;/h;;;;27*1H2/q+3;3*-1;;;;;;;;;;;;;;;;;;;;;;;;;;;. The second kappa shape index (κ2) is 1210. The molecule has 0 aliphatic heterocycles. The predicted molar refractivity (Wildman–Crippen MR) is 129 cm³/mol. The van der Waals surface area contributed by atoms with E-state index in [1.807, 2.05) is 0 Å². The third-order valence-corrected chi connectivity index (χ3v) is 0. The number of rotatable bonds is 0. The summed E-state index contributed by atoms with van der Waals surface area (Å²) in [4.78, 5) is 24.8. The van der Waals surface area contributed by atoms with Gasteiger partial charge in [0.15, 0.2) is 0 Å². The number of hydrogen-bond acceptors (Lipinski definition) is 9. The van der Waals surface area contributed by atoms with Gasteiger partial charge in [0.2, 0.25) is 0 Å². The minimum absolute atomic E-state index is 0. The Morgan fingerprint density at radius 2 is 0.200 bits per heavy atom. The summed E-state index contributed by atoms with van der Waals surface area (Å²) in [5, 5.41) is 44.2. The van der Waals surface area contributed by atoms with Crippen LogP contribution in [0.3, 0.4) is 0 Å². The Kier molecular flexibility index (Phi) is 40000. The van der Waals surface area contributed by atoms with Gasteiger partial charge in [0.25, 0.3) is 0 Å². The third kappa shape index (κ3) is 4630. The van der Waals surface area contributed by atoms with Crippen LogP contribution in [-0.2, 0) is 17.1 Å². The number of hydrogen-bond donors (Lipinski definition) is 0. The van der Waals surface area contributed by atoms with Crippen LogP contribution in [0.2, 0.25) is 0 Å². The minimum atomic E-state index is -1.75. The third-order valence-electron chi connectivity index (χ3n) is 0. The zero-order valence-corrected chi connectivity index (χ0v) is 20.0. The van der Waals surface area contributed by atoms with E-state index >= 15 is 0 Å². The van der Waals surface area contributed by atoms with E-state index in [0.29, 0.717) is 0 Å². The maximum Gasteiger partial charge on any atom is 3.00 e. The molecule has 0 aromatic rings. The maximum atomic E-state index is 8.25. The van der Waals surface area contributed by atoms with Gasteiger partial charge in [0, 0.05) is 0 Å². The zero-order valence-electron chi connectivity index (χ0n) is 18.9. The molecule has 0 saturated carbocycles. The van der Waals surface area contributed by atoms with Crippen LogP contribution in [-0.4, -0.2) is 163 Å². The quantitative estimate of drug-likeness (QED) is 0.130. The van der Waals surface area contributed by atoms with Crippen LogP contribution >= 0.6 is 0 Å². The van der Waals surface area contributed by atoms with E-state index in [0.717, 1.165) is 0 Å². The van der Waals surface area contributed by atoms with Crippen LogP contribution in [0.5, 0.6) is 0 Å². The summed E-state index contributed by atoms with van der Waals surface area (Å²) in [5.41, 5.74) is 0. The van der Waals surface area contributed by atoms with Crippen LogP contribution < -0.4 is 0 Å². The van der Waals surface area contributed by atoms with E-state index in [2.05, 4.69) is 0 Å². The van der Waals surface area contributed by atoms with Crippen LogP contribution in [0.4, 0.5) is 0 Å². The molecule has 1 radical (unpaired) electrons. The SMILES string of the molecule is O.O.O.O.O.O.O.O.O.O.O.O.O.O.O.O.O.O.O.O.O.O.O.O.O.O.O.O=[N+]([O-])[O-].O=[N+]([O-])[O-].O=[N+]([O-])[O-].[Fe+3]. The van der Waals surface area contributed by atoms with Gasteiger partial charge in [-0.3, -0.25) is 0 Å². The van der Waals surface area contributed by atoms with E-state index in [1.165, 1.54) is 0 Å². The Balaban J connectivity index is -0.000000000776. The monoisotopic (exact) mass is 728 g/mol. The normalized spacial score (nSPS) is 1.80. The topological polar surface area (TPSA) is 1050 Å². The molecular formula is H54FeN3O36. The molecule has 0 aliphatic carbocycles. The molecule has 0 aromatic heterocycles. The fraction of sp³-hybridized carbons (Fsp3) is 0. The van der Waals surface area contributed by atoms with Gasteiger partial charge in [0.1, 0.15) is 0 Å². The maximum absolute atomic E-state index is 8.25. The fourth-order valence-corrected chi connectivity index (χ4v) is 0. The second-order valence-electron chi connectivity index (χ2n) is 0.671. The molecule has 0 aromatic carbocycles. The van der Waals surface area contributed by atoms with E-state index in [9.17, 15) is 0 Å². The predicted octanol–water partition coefficient (Wildman–Crippen LogP) is -23.0. The zero-order chi connectivity index (χ0) is 10.7. The van der Waals surface area contributed by atoms with Crippen molar-refractivity contribution in [1.29, 1.82) is 0 Å². The molecule has 0 spiro atoms. The van der Waals surface area contributed by atoms with Crippen molar-refractivity contribution < 1.29 is 180 Å². The molecule has 39 nitrogen and oxygen atoms in total. The molecule has 0 heterocycles. The Hall–Kier alpha value is -2.96. The Morgan fingerprint density at radius 1 is 0.200 bits per heavy atom. The van der Waals surface area contributed by atoms with Crippen LogP contribution in [0.25, 0.3) is 0 Å². The molecular weight excluding hydrogens is 674 g/mol.